The molecular weight excluding hydrogens is 440 g/mol. The van der Waals surface area contributed by atoms with Crippen molar-refractivity contribution in [3.05, 3.63) is 77.8 Å². The van der Waals surface area contributed by atoms with Crippen molar-refractivity contribution in [3.8, 4) is 11.5 Å². The summed E-state index contributed by atoms with van der Waals surface area (Å²) in [5.74, 6) is 0.647. The van der Waals surface area contributed by atoms with Gasteiger partial charge in [-0.2, -0.15) is 0 Å². The number of carbonyl (C=O) groups is 1. The van der Waals surface area contributed by atoms with Gasteiger partial charge in [0.2, 0.25) is 5.91 Å². The van der Waals surface area contributed by atoms with Crippen molar-refractivity contribution in [1.29, 1.82) is 0 Å². The summed E-state index contributed by atoms with van der Waals surface area (Å²) in [6.07, 6.45) is 0. The van der Waals surface area contributed by atoms with Gasteiger partial charge in [-0.15, -0.1) is 0 Å². The molecule has 0 aromatic heterocycles. The Hall–Kier alpha value is -3.23. The Labute approximate surface area is 186 Å². The third-order valence-electron chi connectivity index (χ3n) is 4.40. The van der Waals surface area contributed by atoms with Crippen LogP contribution in [0.1, 0.15) is 0 Å². The smallest absolute Gasteiger partial charge is 0.264 e. The molecule has 0 aliphatic rings. The van der Waals surface area contributed by atoms with Crippen LogP contribution in [0.4, 0.5) is 11.4 Å². The van der Waals surface area contributed by atoms with Crippen molar-refractivity contribution in [2.45, 2.75) is 4.90 Å². The van der Waals surface area contributed by atoms with Crippen LogP contribution < -0.4 is 19.1 Å². The minimum absolute atomic E-state index is 0.0190. The molecule has 0 aliphatic heterocycles. The highest BCUT2D eigenvalue weighted by molar-refractivity contribution is 7.92. The third-order valence-corrected chi connectivity index (χ3v) is 6.43. The highest BCUT2D eigenvalue weighted by atomic mass is 35.5. The SMILES string of the molecule is COc1ccc(NC(=O)CN(c2cccc(Cl)c2)S(=O)(=O)c2ccc(OC)cc2)cc1. The topological polar surface area (TPSA) is 84.9 Å². The number of ether oxygens (including phenoxy) is 2. The molecule has 0 radical (unpaired) electrons. The molecule has 0 saturated heterocycles. The van der Waals surface area contributed by atoms with E-state index in [0.29, 0.717) is 22.2 Å². The molecule has 1 N–H and O–H groups in total. The Kier molecular flexibility index (Phi) is 7.04. The van der Waals surface area contributed by atoms with Gasteiger partial charge in [-0.05, 0) is 66.7 Å². The first kappa shape index (κ1) is 22.5. The van der Waals surface area contributed by atoms with Crippen molar-refractivity contribution in [3.63, 3.8) is 0 Å². The Balaban J connectivity index is 1.91. The zero-order valence-corrected chi connectivity index (χ0v) is 18.5. The van der Waals surface area contributed by atoms with Gasteiger partial charge < -0.3 is 14.8 Å². The summed E-state index contributed by atoms with van der Waals surface area (Å²) in [5.41, 5.74) is 0.784. The van der Waals surface area contributed by atoms with Crippen LogP contribution in [-0.4, -0.2) is 35.1 Å². The summed E-state index contributed by atoms with van der Waals surface area (Å²) in [6.45, 7) is -0.444. The molecule has 0 unspecified atom stereocenters. The van der Waals surface area contributed by atoms with Gasteiger partial charge in [-0.1, -0.05) is 17.7 Å². The van der Waals surface area contributed by atoms with E-state index in [1.165, 1.54) is 25.3 Å². The van der Waals surface area contributed by atoms with Crippen molar-refractivity contribution in [2.24, 2.45) is 0 Å². The molecule has 162 valence electrons. The van der Waals surface area contributed by atoms with Gasteiger partial charge in [-0.25, -0.2) is 8.42 Å². The Morgan fingerprint density at radius 1 is 0.935 bits per heavy atom. The molecule has 3 aromatic carbocycles. The number of rotatable bonds is 8. The summed E-state index contributed by atoms with van der Waals surface area (Å²) >= 11 is 6.07. The summed E-state index contributed by atoms with van der Waals surface area (Å²) < 4.78 is 37.9. The second-order valence-electron chi connectivity index (χ2n) is 6.44. The van der Waals surface area contributed by atoms with E-state index in [-0.39, 0.29) is 10.6 Å². The maximum atomic E-state index is 13.4. The molecular formula is C22H21ClN2O5S. The Morgan fingerprint density at radius 2 is 1.52 bits per heavy atom. The maximum Gasteiger partial charge on any atom is 0.264 e. The largest absolute Gasteiger partial charge is 0.497 e. The molecule has 0 heterocycles. The minimum Gasteiger partial charge on any atom is -0.497 e. The number of nitrogens with one attached hydrogen (secondary N) is 1. The van der Waals surface area contributed by atoms with E-state index in [1.54, 1.807) is 61.7 Å². The van der Waals surface area contributed by atoms with Crippen LogP contribution >= 0.6 is 11.6 Å². The number of methoxy groups -OCH3 is 2. The molecule has 31 heavy (non-hydrogen) atoms. The molecule has 0 atom stereocenters. The second-order valence-corrected chi connectivity index (χ2v) is 8.74. The van der Waals surface area contributed by atoms with E-state index in [1.807, 2.05) is 0 Å². The van der Waals surface area contributed by atoms with Gasteiger partial charge in [0.25, 0.3) is 10.0 Å². The average Bonchev–Trinajstić information content (AvgIpc) is 2.78. The number of halogens is 1. The molecule has 7 nitrogen and oxygen atoms in total. The first-order valence-electron chi connectivity index (χ1n) is 9.20. The fraction of sp³-hybridized carbons (Fsp3) is 0.136. The minimum atomic E-state index is -4.06. The van der Waals surface area contributed by atoms with Crippen LogP contribution in [0.3, 0.4) is 0 Å². The van der Waals surface area contributed by atoms with E-state index in [0.717, 1.165) is 4.31 Å². The lowest BCUT2D eigenvalue weighted by Crippen LogP contribution is -2.38. The third kappa shape index (κ3) is 5.48. The van der Waals surface area contributed by atoms with Crippen LogP contribution in [0.25, 0.3) is 0 Å². The predicted octanol–water partition coefficient (Wildman–Crippen LogP) is 4.19. The van der Waals surface area contributed by atoms with Gasteiger partial charge in [0.05, 0.1) is 24.8 Å². The number of nitrogens with zero attached hydrogens (tertiary/aromatic N) is 1. The molecule has 3 rings (SSSR count). The lowest BCUT2D eigenvalue weighted by Gasteiger charge is -2.24. The van der Waals surface area contributed by atoms with E-state index in [9.17, 15) is 13.2 Å². The van der Waals surface area contributed by atoms with Crippen LogP contribution in [0, 0.1) is 0 Å². The number of hydrogen-bond donors (Lipinski definition) is 1. The second kappa shape index (κ2) is 9.72. The standard InChI is InChI=1S/C22H21ClN2O5S/c1-29-19-8-6-17(7-9-19)24-22(26)15-25(18-5-3-4-16(23)14-18)31(27,28)21-12-10-20(30-2)11-13-21/h3-14H,15H2,1-2H3,(H,24,26). The Bertz CT molecular complexity index is 1150. The first-order chi connectivity index (χ1) is 14.8. The molecule has 0 aliphatic carbocycles. The molecule has 3 aromatic rings. The maximum absolute atomic E-state index is 13.4. The van der Waals surface area contributed by atoms with Crippen LogP contribution in [-0.2, 0) is 14.8 Å². The highest BCUT2D eigenvalue weighted by Crippen LogP contribution is 2.27. The fourth-order valence-corrected chi connectivity index (χ4v) is 4.42. The van der Waals surface area contributed by atoms with E-state index in [4.69, 9.17) is 21.1 Å². The van der Waals surface area contributed by atoms with Gasteiger partial charge in [0, 0.05) is 10.7 Å². The zero-order valence-electron chi connectivity index (χ0n) is 16.9. The number of carbonyl (C=O) groups excluding carboxylic acids is 1. The van der Waals surface area contributed by atoms with E-state index < -0.39 is 22.5 Å². The number of hydrogen-bond acceptors (Lipinski definition) is 5. The van der Waals surface area contributed by atoms with Gasteiger partial charge in [0.1, 0.15) is 18.0 Å². The highest BCUT2D eigenvalue weighted by Gasteiger charge is 2.27. The van der Waals surface area contributed by atoms with Crippen molar-refractivity contribution in [1.82, 2.24) is 0 Å². The number of anilines is 2. The number of sulfonamides is 1. The normalized spacial score (nSPS) is 10.9. The predicted molar refractivity (Wildman–Crippen MR) is 121 cm³/mol. The number of amides is 1. The summed E-state index contributed by atoms with van der Waals surface area (Å²) in [5, 5.41) is 3.05. The van der Waals surface area contributed by atoms with Crippen LogP contribution in [0.2, 0.25) is 5.02 Å². The molecule has 0 bridgehead atoms. The van der Waals surface area contributed by atoms with Gasteiger partial charge in [-0.3, -0.25) is 9.10 Å². The lowest BCUT2D eigenvalue weighted by atomic mass is 10.3. The monoisotopic (exact) mass is 460 g/mol. The first-order valence-corrected chi connectivity index (χ1v) is 11.0. The lowest BCUT2D eigenvalue weighted by molar-refractivity contribution is -0.114. The average molecular weight is 461 g/mol. The number of benzene rings is 3. The molecule has 0 fully saturated rings. The zero-order chi connectivity index (χ0) is 22.4. The summed E-state index contributed by atoms with van der Waals surface area (Å²) in [4.78, 5) is 12.7. The van der Waals surface area contributed by atoms with Crippen LogP contribution in [0.15, 0.2) is 77.7 Å². The van der Waals surface area contributed by atoms with Crippen molar-refractivity contribution >= 4 is 38.9 Å². The van der Waals surface area contributed by atoms with Crippen LogP contribution in [0.5, 0.6) is 11.5 Å². The molecule has 1 amide bonds. The summed E-state index contributed by atoms with van der Waals surface area (Å²) in [6, 6.07) is 19.0. The molecule has 0 saturated carbocycles. The fourth-order valence-electron chi connectivity index (χ4n) is 2.83. The Morgan fingerprint density at radius 3 is 2.06 bits per heavy atom. The van der Waals surface area contributed by atoms with Crippen molar-refractivity contribution < 1.29 is 22.7 Å². The van der Waals surface area contributed by atoms with Gasteiger partial charge >= 0.3 is 0 Å². The van der Waals surface area contributed by atoms with Gasteiger partial charge in [0.15, 0.2) is 0 Å². The van der Waals surface area contributed by atoms with E-state index in [2.05, 4.69) is 5.32 Å². The van der Waals surface area contributed by atoms with E-state index >= 15 is 0 Å². The summed E-state index contributed by atoms with van der Waals surface area (Å²) in [7, 11) is -1.02. The quantitative estimate of drug-likeness (QED) is 0.544. The molecule has 0 spiro atoms. The van der Waals surface area contributed by atoms with Crippen molar-refractivity contribution in [2.75, 3.05) is 30.4 Å². The molecule has 9 heteroatoms.